The highest BCUT2D eigenvalue weighted by Crippen LogP contribution is 2.37. The fourth-order valence-corrected chi connectivity index (χ4v) is 8.16. The number of rotatable bonds is 9. The van der Waals surface area contributed by atoms with Gasteiger partial charge in [-0.2, -0.15) is 0 Å². The van der Waals surface area contributed by atoms with Crippen LogP contribution in [0.1, 0.15) is 33.4 Å². The van der Waals surface area contributed by atoms with Gasteiger partial charge in [0, 0.05) is 84.6 Å². The van der Waals surface area contributed by atoms with Gasteiger partial charge in [-0.25, -0.2) is 0 Å². The highest BCUT2D eigenvalue weighted by molar-refractivity contribution is 5.79. The Hall–Kier alpha value is -9.72. The van der Waals surface area contributed by atoms with Gasteiger partial charge in [0.05, 0.1) is 0 Å². The molecule has 0 aliphatic carbocycles. The Balaban J connectivity index is 0.960. The molecule has 0 bridgehead atoms. The molecule has 0 saturated heterocycles. The van der Waals surface area contributed by atoms with Gasteiger partial charge in [-0.1, -0.05) is 145 Å². The van der Waals surface area contributed by atoms with Crippen molar-refractivity contribution in [2.75, 3.05) is 14.7 Å². The van der Waals surface area contributed by atoms with E-state index in [1.165, 1.54) is 0 Å². The molecule has 3 heteroatoms. The molecule has 324 valence electrons. The number of hydrogen-bond acceptors (Lipinski definition) is 3. The van der Waals surface area contributed by atoms with E-state index in [1.807, 2.05) is 54.6 Å². The topological polar surface area (TPSA) is 9.72 Å². The van der Waals surface area contributed by atoms with Gasteiger partial charge in [-0.3, -0.25) is 0 Å². The molecule has 0 radical (unpaired) electrons. The molecule has 0 spiro atoms. The summed E-state index contributed by atoms with van der Waals surface area (Å²) in [7, 11) is 0. The van der Waals surface area contributed by atoms with Crippen LogP contribution in [0.15, 0.2) is 273 Å². The summed E-state index contributed by atoms with van der Waals surface area (Å²) in [6.07, 6.45) is 0. The summed E-state index contributed by atoms with van der Waals surface area (Å²) < 4.78 is 0. The molecular weight excluding hydrogens is 835 g/mol. The van der Waals surface area contributed by atoms with Crippen LogP contribution in [-0.2, 0) is 0 Å². The Morgan fingerprint density at radius 1 is 0.159 bits per heavy atom. The summed E-state index contributed by atoms with van der Waals surface area (Å²) in [5.74, 6) is 20.6. The van der Waals surface area contributed by atoms with Crippen LogP contribution in [0.5, 0.6) is 0 Å². The lowest BCUT2D eigenvalue weighted by atomic mass is 10.0. The highest BCUT2D eigenvalue weighted by Gasteiger charge is 2.14. The Kier molecular flexibility index (Phi) is 13.2. The summed E-state index contributed by atoms with van der Waals surface area (Å²) in [5, 5.41) is 0. The van der Waals surface area contributed by atoms with E-state index >= 15 is 0 Å². The third-order valence-electron chi connectivity index (χ3n) is 11.4. The van der Waals surface area contributed by atoms with Crippen molar-refractivity contribution < 1.29 is 0 Å². The molecule has 0 aliphatic rings. The molecular formula is C66H45N3. The summed E-state index contributed by atoms with van der Waals surface area (Å²) in [6.45, 7) is 0. The lowest BCUT2D eigenvalue weighted by molar-refractivity contribution is 1.28. The SMILES string of the molecule is C(#Cc1cc(C#Cc2ccc(N(c3ccccc3)c3ccccc3)cc2)cc(C#Cc2ccc(N(c3ccccc3)c3ccccc3)cc2)c1)c1ccc(N(c2ccccc2)c2ccccc2)cc1. The summed E-state index contributed by atoms with van der Waals surface area (Å²) in [5.41, 5.74) is 14.9. The van der Waals surface area contributed by atoms with E-state index in [-0.39, 0.29) is 0 Å². The smallest absolute Gasteiger partial charge is 0.0462 e. The Morgan fingerprint density at radius 3 is 0.507 bits per heavy atom. The van der Waals surface area contributed by atoms with Crippen molar-refractivity contribution in [1.29, 1.82) is 0 Å². The van der Waals surface area contributed by atoms with Gasteiger partial charge < -0.3 is 14.7 Å². The van der Waals surface area contributed by atoms with E-state index in [0.717, 1.165) is 84.6 Å². The lowest BCUT2D eigenvalue weighted by Gasteiger charge is -2.25. The number of benzene rings is 10. The van der Waals surface area contributed by atoms with Gasteiger partial charge >= 0.3 is 0 Å². The first-order chi connectivity index (χ1) is 34.2. The Bertz CT molecular complexity index is 2940. The van der Waals surface area contributed by atoms with Gasteiger partial charge in [-0.05, 0) is 164 Å². The van der Waals surface area contributed by atoms with Crippen LogP contribution in [-0.4, -0.2) is 0 Å². The minimum Gasteiger partial charge on any atom is -0.311 e. The Morgan fingerprint density at radius 2 is 0.319 bits per heavy atom. The molecule has 0 atom stereocenters. The molecule has 0 unspecified atom stereocenters. The highest BCUT2D eigenvalue weighted by atomic mass is 15.2. The van der Waals surface area contributed by atoms with E-state index in [4.69, 9.17) is 0 Å². The fraction of sp³-hybridized carbons (Fsp3) is 0. The fourth-order valence-electron chi connectivity index (χ4n) is 8.16. The summed E-state index contributed by atoms with van der Waals surface area (Å²) >= 11 is 0. The van der Waals surface area contributed by atoms with Crippen molar-refractivity contribution in [3.05, 3.63) is 306 Å². The van der Waals surface area contributed by atoms with Crippen LogP contribution in [0.4, 0.5) is 51.2 Å². The predicted octanol–water partition coefficient (Wildman–Crippen LogP) is 16.3. The third kappa shape index (κ3) is 10.7. The zero-order valence-electron chi connectivity index (χ0n) is 37.8. The van der Waals surface area contributed by atoms with Gasteiger partial charge in [-0.15, -0.1) is 0 Å². The van der Waals surface area contributed by atoms with Gasteiger partial charge in [0.25, 0.3) is 0 Å². The van der Waals surface area contributed by atoms with Crippen molar-refractivity contribution in [1.82, 2.24) is 0 Å². The zero-order chi connectivity index (χ0) is 46.5. The quantitative estimate of drug-likeness (QED) is 0.134. The van der Waals surface area contributed by atoms with Crippen LogP contribution in [0.25, 0.3) is 0 Å². The largest absolute Gasteiger partial charge is 0.311 e. The van der Waals surface area contributed by atoms with Crippen LogP contribution >= 0.6 is 0 Å². The van der Waals surface area contributed by atoms with E-state index in [9.17, 15) is 0 Å². The number of hydrogen-bond donors (Lipinski definition) is 0. The second-order valence-corrected chi connectivity index (χ2v) is 16.2. The second-order valence-electron chi connectivity index (χ2n) is 16.2. The predicted molar refractivity (Wildman–Crippen MR) is 288 cm³/mol. The average molecular weight is 880 g/mol. The van der Waals surface area contributed by atoms with Crippen molar-refractivity contribution >= 4 is 51.2 Å². The standard InChI is InChI=1S/C66H45N3/c1-7-19-58(20-8-1)67(59-21-9-2-10-22-59)64-43-37-52(38-44-64)31-34-55-49-56(35-32-53-39-45-65(46-40-53)68(60-23-11-3-12-24-60)61-25-13-4-14-26-61)51-57(50-55)36-33-54-41-47-66(48-42-54)69(62-27-15-5-16-28-62)63-29-17-6-18-30-63/h1-30,37-51H. The molecule has 0 aliphatic heterocycles. The van der Waals surface area contributed by atoms with Crippen LogP contribution < -0.4 is 14.7 Å². The molecule has 69 heavy (non-hydrogen) atoms. The van der Waals surface area contributed by atoms with Crippen LogP contribution in [0, 0.1) is 35.5 Å². The number of nitrogens with zero attached hydrogens (tertiary/aromatic N) is 3. The molecule has 10 aromatic rings. The average Bonchev–Trinajstić information content (AvgIpc) is 3.42. The van der Waals surface area contributed by atoms with E-state index < -0.39 is 0 Å². The Labute approximate surface area is 405 Å². The molecule has 0 fully saturated rings. The zero-order valence-corrected chi connectivity index (χ0v) is 37.8. The molecule has 0 heterocycles. The maximum atomic E-state index is 3.44. The maximum absolute atomic E-state index is 3.44. The number of para-hydroxylation sites is 6. The first-order valence-corrected chi connectivity index (χ1v) is 22.9. The van der Waals surface area contributed by atoms with Crippen LogP contribution in [0.2, 0.25) is 0 Å². The number of anilines is 9. The molecule has 0 N–H and O–H groups in total. The lowest BCUT2D eigenvalue weighted by Crippen LogP contribution is -2.09. The molecule has 0 aromatic heterocycles. The normalized spacial score (nSPS) is 10.3. The van der Waals surface area contributed by atoms with Crippen molar-refractivity contribution in [3.63, 3.8) is 0 Å². The first-order valence-electron chi connectivity index (χ1n) is 22.9. The van der Waals surface area contributed by atoms with Gasteiger partial charge in [0.2, 0.25) is 0 Å². The van der Waals surface area contributed by atoms with Crippen molar-refractivity contribution in [3.8, 4) is 35.5 Å². The maximum Gasteiger partial charge on any atom is 0.0462 e. The summed E-state index contributed by atoms with van der Waals surface area (Å²) in [6, 6.07) is 93.8. The molecule has 0 saturated carbocycles. The van der Waals surface area contributed by atoms with Crippen molar-refractivity contribution in [2.45, 2.75) is 0 Å². The van der Waals surface area contributed by atoms with Gasteiger partial charge in [0.1, 0.15) is 0 Å². The first kappa shape index (κ1) is 43.2. The minimum atomic E-state index is 0.832. The van der Waals surface area contributed by atoms with Gasteiger partial charge in [0.15, 0.2) is 0 Å². The second kappa shape index (κ2) is 21.1. The monoisotopic (exact) mass is 879 g/mol. The van der Waals surface area contributed by atoms with E-state index in [1.54, 1.807) is 0 Å². The van der Waals surface area contributed by atoms with Crippen molar-refractivity contribution in [2.24, 2.45) is 0 Å². The van der Waals surface area contributed by atoms with E-state index in [2.05, 4.69) is 269 Å². The molecule has 10 aromatic carbocycles. The minimum absolute atomic E-state index is 0.832. The van der Waals surface area contributed by atoms with E-state index in [0.29, 0.717) is 0 Å². The molecule has 10 rings (SSSR count). The summed E-state index contributed by atoms with van der Waals surface area (Å²) in [4.78, 5) is 6.74. The molecule has 0 amide bonds. The third-order valence-corrected chi connectivity index (χ3v) is 11.4. The van der Waals surface area contributed by atoms with Crippen LogP contribution in [0.3, 0.4) is 0 Å². The molecule has 3 nitrogen and oxygen atoms in total.